The Kier molecular flexibility index (Phi) is 54.5. The Morgan fingerprint density at radius 3 is 0.984 bits per heavy atom. The number of anilines is 5. The minimum Gasteiger partial charge on any atom is -0.373 e. The highest BCUT2D eigenvalue weighted by Crippen LogP contribution is 2.30. The van der Waals surface area contributed by atoms with Gasteiger partial charge in [0.2, 0.25) is 0 Å². The van der Waals surface area contributed by atoms with Gasteiger partial charge < -0.3 is 34.3 Å². The zero-order chi connectivity index (χ0) is 92.3. The Labute approximate surface area is 808 Å². The molecule has 0 bridgehead atoms. The van der Waals surface area contributed by atoms with Crippen molar-refractivity contribution in [3.8, 4) is 0 Å². The van der Waals surface area contributed by atoms with E-state index in [2.05, 4.69) is 467 Å². The number of likely N-dealkylation sites (N-methyl/N-ethyl adjacent to an activating group) is 2. The number of benzene rings is 10. The zero-order valence-corrected chi connectivity index (χ0v) is 86.3. The molecule has 11 rings (SSSR count). The first kappa shape index (κ1) is 109. The summed E-state index contributed by atoms with van der Waals surface area (Å²) in [5.41, 5.74) is 14.0. The van der Waals surface area contributed by atoms with E-state index in [-0.39, 0.29) is 16.6 Å². The van der Waals surface area contributed by atoms with Crippen molar-refractivity contribution in [3.63, 3.8) is 0 Å². The Hall–Kier alpha value is -7.25. The third-order valence-electron chi connectivity index (χ3n) is 23.9. The maximum absolute atomic E-state index is 2.75. The van der Waals surface area contributed by atoms with Crippen molar-refractivity contribution in [1.82, 2.24) is 24.5 Å². The molecule has 10 aromatic carbocycles. The van der Waals surface area contributed by atoms with Crippen LogP contribution in [0.3, 0.4) is 0 Å². The van der Waals surface area contributed by atoms with Crippen LogP contribution in [0, 0.1) is 5.92 Å². The van der Waals surface area contributed by atoms with E-state index in [1.54, 1.807) is 0 Å². The molecule has 0 radical (unpaired) electrons. The summed E-state index contributed by atoms with van der Waals surface area (Å²) in [7, 11) is 2.16. The first-order valence-corrected chi connectivity index (χ1v) is 54.5. The van der Waals surface area contributed by atoms with Gasteiger partial charge in [-0.3, -0.25) is 14.7 Å². The van der Waals surface area contributed by atoms with Crippen molar-refractivity contribution in [3.05, 3.63) is 331 Å². The fourth-order valence-electron chi connectivity index (χ4n) is 15.9. The first-order chi connectivity index (χ1) is 62.6. The van der Waals surface area contributed by atoms with Crippen LogP contribution < -0.4 is 24.5 Å². The van der Waals surface area contributed by atoms with E-state index in [0.717, 1.165) is 132 Å². The lowest BCUT2D eigenvalue weighted by Crippen LogP contribution is -2.47. The summed E-state index contributed by atoms with van der Waals surface area (Å²) >= 11 is 9.94. The fourth-order valence-corrected chi connectivity index (χ4v) is 19.5. The number of para-hydroxylation sites is 5. The minimum atomic E-state index is 0.0752. The smallest absolute Gasteiger partial charge is 0.0371 e. The number of thioether (sulfide) groups is 5. The minimum absolute atomic E-state index is 0.0752. The highest BCUT2D eigenvalue weighted by molar-refractivity contribution is 7.99. The van der Waals surface area contributed by atoms with Gasteiger partial charge >= 0.3 is 0 Å². The molecule has 10 nitrogen and oxygen atoms in total. The molecule has 0 saturated heterocycles. The van der Waals surface area contributed by atoms with Gasteiger partial charge in [-0.15, -0.1) is 0 Å². The van der Waals surface area contributed by atoms with Gasteiger partial charge in [0.05, 0.1) is 0 Å². The van der Waals surface area contributed by atoms with Gasteiger partial charge in [-0.25, -0.2) is 0 Å². The molecule has 129 heavy (non-hydrogen) atoms. The monoisotopic (exact) mass is 1840 g/mol. The molecule has 1 fully saturated rings. The van der Waals surface area contributed by atoms with Gasteiger partial charge in [-0.2, -0.15) is 58.8 Å². The van der Waals surface area contributed by atoms with E-state index in [1.807, 2.05) is 47.0 Å². The third-order valence-corrected chi connectivity index (χ3v) is 28.1. The summed E-state index contributed by atoms with van der Waals surface area (Å²) in [4.78, 5) is 25.5. The molecule has 0 unspecified atom stereocenters. The van der Waals surface area contributed by atoms with Gasteiger partial charge in [-0.1, -0.05) is 283 Å². The molecule has 0 heterocycles. The van der Waals surface area contributed by atoms with Crippen molar-refractivity contribution in [2.75, 3.05) is 197 Å². The van der Waals surface area contributed by atoms with E-state index in [1.165, 1.54) is 152 Å². The van der Waals surface area contributed by atoms with E-state index < -0.39 is 0 Å². The molecule has 0 spiro atoms. The summed E-state index contributed by atoms with van der Waals surface area (Å²) in [5.74, 6) is 10.0. The van der Waals surface area contributed by atoms with Crippen molar-refractivity contribution in [2.24, 2.45) is 5.92 Å². The summed E-state index contributed by atoms with van der Waals surface area (Å²) < 4.78 is 0. The Balaban J connectivity index is 0.000000225. The molecule has 0 aliphatic heterocycles. The average Bonchev–Trinajstić information content (AvgIpc) is 0.907. The third kappa shape index (κ3) is 46.3. The second-order valence-electron chi connectivity index (χ2n) is 36.8. The number of rotatable bonds is 52. The van der Waals surface area contributed by atoms with Crippen LogP contribution >= 0.6 is 58.8 Å². The molecule has 15 heteroatoms. The fraction of sp³-hybridized carbons (Fsp3) is 0.474. The van der Waals surface area contributed by atoms with Crippen LogP contribution in [-0.4, -0.2) is 214 Å². The molecule has 0 atom stereocenters. The number of nitrogens with zero attached hydrogens (tertiary/aromatic N) is 10. The molecule has 1 aliphatic rings. The van der Waals surface area contributed by atoms with E-state index in [0.29, 0.717) is 0 Å². The summed E-state index contributed by atoms with van der Waals surface area (Å²) in [6.45, 7) is 51.2. The van der Waals surface area contributed by atoms with E-state index in [9.17, 15) is 0 Å². The van der Waals surface area contributed by atoms with Crippen molar-refractivity contribution in [2.45, 2.75) is 169 Å². The largest absolute Gasteiger partial charge is 0.373 e. The number of hydrogen-bond donors (Lipinski definition) is 0. The summed E-state index contributed by atoms with van der Waals surface area (Å²) in [6, 6.07) is 108. The van der Waals surface area contributed by atoms with Crippen molar-refractivity contribution in [1.29, 1.82) is 0 Å². The lowest BCUT2D eigenvalue weighted by molar-refractivity contribution is 0.0959. The molecule has 10 aromatic rings. The van der Waals surface area contributed by atoms with Crippen molar-refractivity contribution < 1.29 is 0 Å². The topological polar surface area (TPSA) is 32.4 Å². The Bertz CT molecular complexity index is 4270. The van der Waals surface area contributed by atoms with Crippen LogP contribution in [0.1, 0.15) is 149 Å². The zero-order valence-electron chi connectivity index (χ0n) is 82.2. The molecule has 1 aliphatic carbocycles. The molecule has 0 N–H and O–H groups in total. The van der Waals surface area contributed by atoms with Gasteiger partial charge in [0, 0.05) is 216 Å². The molecule has 0 amide bonds. The highest BCUT2D eigenvalue weighted by Gasteiger charge is 2.28. The Morgan fingerprint density at radius 2 is 0.597 bits per heavy atom. The molecular formula is C114H166N10S5. The summed E-state index contributed by atoms with van der Waals surface area (Å²) in [5, 5.41) is 0. The van der Waals surface area contributed by atoms with Crippen LogP contribution in [0.2, 0.25) is 0 Å². The molecule has 0 aromatic heterocycles. The maximum atomic E-state index is 2.75. The molecular weight excluding hydrogens is 1670 g/mol. The van der Waals surface area contributed by atoms with Crippen molar-refractivity contribution >= 4 is 87.2 Å². The van der Waals surface area contributed by atoms with Crippen LogP contribution in [0.4, 0.5) is 28.4 Å². The second-order valence-corrected chi connectivity index (χ2v) is 42.1. The predicted octanol–water partition coefficient (Wildman–Crippen LogP) is 27.0. The van der Waals surface area contributed by atoms with Crippen LogP contribution in [0.5, 0.6) is 0 Å². The normalized spacial score (nSPS) is 12.2. The lowest BCUT2D eigenvalue weighted by Gasteiger charge is -2.39. The summed E-state index contributed by atoms with van der Waals surface area (Å²) in [6.07, 6.45) is 12.7. The van der Waals surface area contributed by atoms with Gasteiger partial charge in [0.1, 0.15) is 0 Å². The highest BCUT2D eigenvalue weighted by atomic mass is 32.2. The number of hydrogen-bond acceptors (Lipinski definition) is 15. The van der Waals surface area contributed by atoms with Gasteiger partial charge in [0.15, 0.2) is 0 Å². The van der Waals surface area contributed by atoms with Gasteiger partial charge in [0.25, 0.3) is 0 Å². The maximum Gasteiger partial charge on any atom is 0.0371 e. The SMILES string of the molecule is CC(C)(C)N(CCN(CCSCc1ccccc1)Cc1ccccc1)CC1CCCC1.CC(C)(C)N(CCN(CCSCc1ccccc1)c1ccccc1)Cc1ccccc1.CC(C)(C)N(CCN(CCSCc1ccccc1)c1ccccc1)c1ccccc1.CCCCN(CCSC)CCN(CC)CC.CSCCN(CCN(C)c1ccccc1)c1ccccc1. The predicted molar refractivity (Wildman–Crippen MR) is 585 cm³/mol. The quantitative estimate of drug-likeness (QED) is 0.0339. The lowest BCUT2D eigenvalue weighted by atomic mass is 10.0. The first-order valence-electron chi connectivity index (χ1n) is 48.2. The van der Waals surface area contributed by atoms with Crippen LogP contribution in [0.15, 0.2) is 303 Å². The van der Waals surface area contributed by atoms with Crippen LogP contribution in [0.25, 0.3) is 0 Å². The molecule has 702 valence electrons. The van der Waals surface area contributed by atoms with Crippen LogP contribution in [-0.2, 0) is 30.3 Å². The number of unbranched alkanes of at least 4 members (excludes halogenated alkanes) is 1. The van der Waals surface area contributed by atoms with Gasteiger partial charge in [-0.05, 0) is 208 Å². The van der Waals surface area contributed by atoms with E-state index >= 15 is 0 Å². The standard InChI is InChI=1S/C28H36N2S.C28H42N2S.C27H34N2S.C18H24N2S.C13H30N2S/c1-28(2,3)30(23-25-13-7-4-8-14-25)20-19-29(27-17-11-6-12-18-27)21-22-31-24-26-15-9-5-10-16-26;1-28(2,3)30(23-26-14-10-11-15-26)19-18-29(22-25-12-6-4-7-13-25)20-21-31-24-27-16-8-5-9-17-27;1-27(2,3)29(26-17-11-6-12-18-26)20-19-28(25-15-9-5-10-16-25)21-22-30-23-24-13-7-4-8-14-24;1-19(17-9-5-3-6-10-17)13-14-20(15-16-21-2)18-11-7-4-8-12-18;1-5-8-9-15(12-13-16-4)11-10-14(6-2)7-3/h4-18H,19-24H2,1-3H3;4-9,12-13,16-17,26H,10-11,14-15,18-24H2,1-3H3;4-18H,19-23H2,1-3H3;3-12H,13-16H2,1-2H3;5-13H2,1-4H3. The molecule has 1 saturated carbocycles. The average molecular weight is 1840 g/mol. The van der Waals surface area contributed by atoms with E-state index in [4.69, 9.17) is 0 Å². The second kappa shape index (κ2) is 64.6. The Morgan fingerprint density at radius 1 is 0.279 bits per heavy atom.